The molecular weight excluding hydrogens is 347 g/mol. The van der Waals surface area contributed by atoms with Gasteiger partial charge in [0.05, 0.1) is 4.90 Å². The van der Waals surface area contributed by atoms with Crippen LogP contribution in [-0.4, -0.2) is 25.4 Å². The number of sulfone groups is 1. The fourth-order valence-corrected chi connectivity index (χ4v) is 3.88. The van der Waals surface area contributed by atoms with Crippen LogP contribution in [-0.2, 0) is 15.3 Å². The largest absolute Gasteiger partial charge is 0.410 e. The number of primary amides is 1. The molecule has 0 heterocycles. The summed E-state index contributed by atoms with van der Waals surface area (Å²) in [5.41, 5.74) is 4.00. The molecule has 1 aromatic rings. The van der Waals surface area contributed by atoms with Crippen LogP contribution < -0.4 is 10.5 Å². The van der Waals surface area contributed by atoms with Crippen molar-refractivity contribution in [2.24, 2.45) is 5.73 Å². The lowest BCUT2D eigenvalue weighted by atomic mass is 9.86. The Morgan fingerprint density at radius 1 is 1.08 bits per heavy atom. The number of benzene rings is 1. The molecule has 1 rings (SSSR count). The molecule has 0 radical (unpaired) electrons. The van der Waals surface area contributed by atoms with Gasteiger partial charge < -0.3 is 10.5 Å². The van der Waals surface area contributed by atoms with E-state index in [0.717, 1.165) is 6.07 Å². The van der Waals surface area contributed by atoms with Crippen molar-refractivity contribution in [2.45, 2.75) is 55.9 Å². The third-order valence-corrected chi connectivity index (χ3v) is 6.09. The fraction of sp³-hybridized carbons (Fsp3) is 0.533. The SMILES string of the molecule is CC(C)(C)c1c(OC(N)=O)cccc1S(=O)(=O)C(C)(C)C(F)(F)F. The Balaban J connectivity index is 3.81. The first-order chi connectivity index (χ1) is 10.5. The van der Waals surface area contributed by atoms with Crippen LogP contribution in [0.1, 0.15) is 40.2 Å². The van der Waals surface area contributed by atoms with Crippen LogP contribution in [0.3, 0.4) is 0 Å². The second-order valence-electron chi connectivity index (χ2n) is 6.81. The zero-order valence-electron chi connectivity index (χ0n) is 14.0. The van der Waals surface area contributed by atoms with Crippen LogP contribution in [0, 0.1) is 0 Å². The summed E-state index contributed by atoms with van der Waals surface area (Å²) in [5, 5.41) is 0. The summed E-state index contributed by atoms with van der Waals surface area (Å²) in [6.45, 7) is 5.97. The van der Waals surface area contributed by atoms with E-state index >= 15 is 0 Å². The van der Waals surface area contributed by atoms with E-state index in [4.69, 9.17) is 10.5 Å². The number of rotatable bonds is 3. The van der Waals surface area contributed by atoms with Gasteiger partial charge in [-0.1, -0.05) is 26.8 Å². The Bertz CT molecular complexity index is 747. The number of hydrogen-bond acceptors (Lipinski definition) is 4. The van der Waals surface area contributed by atoms with Crippen LogP contribution in [0.4, 0.5) is 18.0 Å². The van der Waals surface area contributed by atoms with Gasteiger partial charge in [-0.3, -0.25) is 0 Å². The molecule has 0 saturated heterocycles. The molecule has 0 fully saturated rings. The molecule has 0 atom stereocenters. The molecule has 0 aliphatic rings. The third kappa shape index (κ3) is 3.50. The van der Waals surface area contributed by atoms with Gasteiger partial charge in [0.2, 0.25) is 0 Å². The molecule has 0 aliphatic heterocycles. The first kappa shape index (κ1) is 20.3. The molecule has 9 heteroatoms. The quantitative estimate of drug-likeness (QED) is 0.885. The number of amides is 1. The van der Waals surface area contributed by atoms with Crippen molar-refractivity contribution < 1.29 is 31.1 Å². The Morgan fingerprint density at radius 2 is 1.58 bits per heavy atom. The van der Waals surface area contributed by atoms with Crippen molar-refractivity contribution in [3.8, 4) is 5.75 Å². The van der Waals surface area contributed by atoms with Crippen molar-refractivity contribution in [2.75, 3.05) is 0 Å². The van der Waals surface area contributed by atoms with Crippen molar-refractivity contribution in [3.63, 3.8) is 0 Å². The summed E-state index contributed by atoms with van der Waals surface area (Å²) < 4.78 is 67.0. The summed E-state index contributed by atoms with van der Waals surface area (Å²) in [6, 6.07) is 3.55. The smallest absolute Gasteiger partial charge is 0.409 e. The maximum absolute atomic E-state index is 13.3. The van der Waals surface area contributed by atoms with E-state index in [1.54, 1.807) is 20.8 Å². The molecule has 24 heavy (non-hydrogen) atoms. The third-order valence-electron chi connectivity index (χ3n) is 3.59. The lowest BCUT2D eigenvalue weighted by Crippen LogP contribution is -2.47. The molecule has 0 aromatic heterocycles. The Kier molecular flexibility index (Phi) is 5.02. The molecule has 1 amide bonds. The van der Waals surface area contributed by atoms with Crippen molar-refractivity contribution in [1.29, 1.82) is 0 Å². The molecule has 0 aliphatic carbocycles. The maximum atomic E-state index is 13.3. The second kappa shape index (κ2) is 5.94. The Labute approximate surface area is 138 Å². The van der Waals surface area contributed by atoms with Crippen molar-refractivity contribution in [3.05, 3.63) is 23.8 Å². The van der Waals surface area contributed by atoms with Gasteiger partial charge in [0.25, 0.3) is 0 Å². The van der Waals surface area contributed by atoms with Crippen LogP contribution in [0.25, 0.3) is 0 Å². The van der Waals surface area contributed by atoms with Gasteiger partial charge in [-0.05, 0) is 31.4 Å². The van der Waals surface area contributed by atoms with Gasteiger partial charge in [-0.15, -0.1) is 0 Å². The highest BCUT2D eigenvalue weighted by atomic mass is 32.2. The number of alkyl halides is 3. The molecule has 0 bridgehead atoms. The van der Waals surface area contributed by atoms with Crippen molar-refractivity contribution in [1.82, 2.24) is 0 Å². The van der Waals surface area contributed by atoms with Gasteiger partial charge >= 0.3 is 12.3 Å². The monoisotopic (exact) mass is 367 g/mol. The molecule has 2 N–H and O–H groups in total. The first-order valence-electron chi connectivity index (χ1n) is 6.95. The molecule has 0 unspecified atom stereocenters. The minimum absolute atomic E-state index is 0.0406. The molecule has 1 aromatic carbocycles. The summed E-state index contributed by atoms with van der Waals surface area (Å²) in [4.78, 5) is 10.5. The predicted molar refractivity (Wildman–Crippen MR) is 82.7 cm³/mol. The van der Waals surface area contributed by atoms with Crippen LogP contribution in [0.5, 0.6) is 5.75 Å². The van der Waals surface area contributed by atoms with E-state index in [9.17, 15) is 26.4 Å². The van der Waals surface area contributed by atoms with E-state index in [1.165, 1.54) is 12.1 Å². The maximum Gasteiger partial charge on any atom is 0.409 e. The number of ether oxygens (including phenoxy) is 1. The normalized spacial score (nSPS) is 13.7. The molecule has 5 nitrogen and oxygen atoms in total. The van der Waals surface area contributed by atoms with E-state index < -0.39 is 37.2 Å². The van der Waals surface area contributed by atoms with E-state index in [1.807, 2.05) is 0 Å². The van der Waals surface area contributed by atoms with Gasteiger partial charge in [0.15, 0.2) is 14.6 Å². The highest BCUT2D eigenvalue weighted by Gasteiger charge is 2.58. The highest BCUT2D eigenvalue weighted by Crippen LogP contribution is 2.44. The van der Waals surface area contributed by atoms with Gasteiger partial charge in [-0.25, -0.2) is 13.2 Å². The summed E-state index contributed by atoms with van der Waals surface area (Å²) in [5.74, 6) is -0.186. The molecule has 136 valence electrons. The molecule has 0 saturated carbocycles. The van der Waals surface area contributed by atoms with Gasteiger partial charge in [-0.2, -0.15) is 13.2 Å². The first-order valence-corrected chi connectivity index (χ1v) is 8.44. The van der Waals surface area contributed by atoms with Gasteiger partial charge in [0, 0.05) is 5.56 Å². The minimum atomic E-state index is -4.98. The van der Waals surface area contributed by atoms with Crippen LogP contribution in [0.2, 0.25) is 0 Å². The topological polar surface area (TPSA) is 86.5 Å². The van der Waals surface area contributed by atoms with Crippen LogP contribution in [0.15, 0.2) is 23.1 Å². The zero-order chi connectivity index (χ0) is 19.1. The average molecular weight is 367 g/mol. The Morgan fingerprint density at radius 3 is 1.96 bits per heavy atom. The lowest BCUT2D eigenvalue weighted by Gasteiger charge is -2.31. The van der Waals surface area contributed by atoms with E-state index in [2.05, 4.69) is 0 Å². The predicted octanol–water partition coefficient (Wildman–Crippen LogP) is 3.56. The average Bonchev–Trinajstić information content (AvgIpc) is 2.34. The summed E-state index contributed by atoms with van der Waals surface area (Å²) in [7, 11) is -4.83. The number of halogens is 3. The number of hydrogen-bond donors (Lipinski definition) is 1. The minimum Gasteiger partial charge on any atom is -0.410 e. The molecule has 0 spiro atoms. The zero-order valence-corrected chi connectivity index (χ0v) is 14.8. The number of nitrogens with two attached hydrogens (primary N) is 1. The van der Waals surface area contributed by atoms with Crippen LogP contribution >= 0.6 is 0 Å². The molecular formula is C15H20F3NO4S. The van der Waals surface area contributed by atoms with E-state index in [-0.39, 0.29) is 11.3 Å². The standard InChI is InChI=1S/C15H20F3NO4S/c1-13(2,3)11-9(23-12(19)20)7-6-8-10(11)24(21,22)14(4,5)15(16,17)18/h6-8H,1-5H3,(H2,19,20). The summed E-state index contributed by atoms with van der Waals surface area (Å²) in [6.07, 6.45) is -6.17. The number of carbonyl (C=O) groups is 1. The fourth-order valence-electron chi connectivity index (χ4n) is 2.09. The Hall–Kier alpha value is -1.77. The second-order valence-corrected chi connectivity index (χ2v) is 9.28. The summed E-state index contributed by atoms with van der Waals surface area (Å²) >= 11 is 0. The van der Waals surface area contributed by atoms with Gasteiger partial charge in [0.1, 0.15) is 5.75 Å². The lowest BCUT2D eigenvalue weighted by molar-refractivity contribution is -0.153. The van der Waals surface area contributed by atoms with Crippen molar-refractivity contribution >= 4 is 15.9 Å². The highest BCUT2D eigenvalue weighted by molar-refractivity contribution is 7.93. The number of carbonyl (C=O) groups excluding carboxylic acids is 1. The van der Waals surface area contributed by atoms with E-state index in [0.29, 0.717) is 13.8 Å².